The molecule has 2 aliphatic rings. The first-order chi connectivity index (χ1) is 16.9. The summed E-state index contributed by atoms with van der Waals surface area (Å²) in [5, 5.41) is 3.35. The van der Waals surface area contributed by atoms with Crippen molar-refractivity contribution in [2.45, 2.75) is 19.0 Å². The van der Waals surface area contributed by atoms with E-state index in [4.69, 9.17) is 31.8 Å². The summed E-state index contributed by atoms with van der Waals surface area (Å²) < 4.78 is 24.6. The lowest BCUT2D eigenvalue weighted by Crippen LogP contribution is -2.54. The van der Waals surface area contributed by atoms with E-state index in [0.717, 1.165) is 0 Å². The first kappa shape index (κ1) is 24.8. The zero-order chi connectivity index (χ0) is 24.9. The minimum Gasteiger partial charge on any atom is -0.463 e. The molecule has 9 nitrogen and oxygen atoms in total. The van der Waals surface area contributed by atoms with Gasteiger partial charge in [0.2, 0.25) is 5.91 Å². The van der Waals surface area contributed by atoms with Crippen LogP contribution >= 0.6 is 11.6 Å². The number of amidine groups is 1. The van der Waals surface area contributed by atoms with Gasteiger partial charge in [0.15, 0.2) is 0 Å². The van der Waals surface area contributed by atoms with Gasteiger partial charge in [0.05, 0.1) is 25.4 Å². The Labute approximate surface area is 206 Å². The third-order valence-electron chi connectivity index (χ3n) is 5.74. The maximum atomic E-state index is 13.8. The van der Waals surface area contributed by atoms with Gasteiger partial charge >= 0.3 is 5.97 Å². The lowest BCUT2D eigenvalue weighted by Gasteiger charge is -2.36. The number of morpholine rings is 1. The summed E-state index contributed by atoms with van der Waals surface area (Å²) in [7, 11) is 0. The predicted molar refractivity (Wildman–Crippen MR) is 127 cm³/mol. The number of amides is 1. The molecule has 35 heavy (non-hydrogen) atoms. The van der Waals surface area contributed by atoms with Gasteiger partial charge in [0.25, 0.3) is 0 Å². The van der Waals surface area contributed by atoms with Crippen LogP contribution in [0.25, 0.3) is 0 Å². The number of hydrogen-bond donors (Lipinski definition) is 2. The number of ether oxygens (including phenoxy) is 2. The first-order valence-corrected chi connectivity index (χ1v) is 11.5. The van der Waals surface area contributed by atoms with Crippen molar-refractivity contribution >= 4 is 29.3 Å². The minimum absolute atomic E-state index is 0.119. The van der Waals surface area contributed by atoms with Gasteiger partial charge in [-0.25, -0.2) is 9.18 Å². The van der Waals surface area contributed by atoms with Crippen LogP contribution in [0.3, 0.4) is 0 Å². The Bertz CT molecular complexity index is 1170. The number of esters is 1. The number of primary amides is 1. The van der Waals surface area contributed by atoms with Gasteiger partial charge in [-0.1, -0.05) is 17.7 Å². The highest BCUT2D eigenvalue weighted by molar-refractivity contribution is 6.31. The zero-order valence-corrected chi connectivity index (χ0v) is 19.8. The van der Waals surface area contributed by atoms with Gasteiger partial charge < -0.3 is 20.5 Å². The van der Waals surface area contributed by atoms with Gasteiger partial charge in [-0.2, -0.15) is 0 Å². The zero-order valence-electron chi connectivity index (χ0n) is 19.0. The van der Waals surface area contributed by atoms with Crippen LogP contribution in [0, 0.1) is 5.82 Å². The second-order valence-electron chi connectivity index (χ2n) is 7.99. The Morgan fingerprint density at radius 1 is 1.37 bits per heavy atom. The highest BCUT2D eigenvalue weighted by atomic mass is 35.5. The molecule has 1 fully saturated rings. The molecule has 0 saturated carbocycles. The molecule has 0 radical (unpaired) electrons. The normalized spacial score (nSPS) is 20.7. The van der Waals surface area contributed by atoms with Crippen LogP contribution in [0.1, 0.15) is 24.1 Å². The fourth-order valence-electron chi connectivity index (χ4n) is 4.06. The highest BCUT2D eigenvalue weighted by Gasteiger charge is 2.36. The first-order valence-electron chi connectivity index (χ1n) is 11.1. The number of nitrogens with zero attached hydrogens (tertiary/aromatic N) is 3. The number of carbonyl (C=O) groups is 2. The van der Waals surface area contributed by atoms with E-state index in [1.807, 2.05) is 11.0 Å². The third-order valence-corrected chi connectivity index (χ3v) is 6.07. The standard InChI is InChI=1S/C24H25ClFN5O4/c1-2-35-24(33)20-18(12-31-8-9-34-13-19(31)22(27)32)29-23(14-4-3-7-28-11-14)30-21(20)16-6-5-15(26)10-17(16)25/h3-7,10-11,19,21H,2,8-9,12-13H2,1H3,(H2,27,32)(H,29,30). The molecule has 0 bridgehead atoms. The van der Waals surface area contributed by atoms with Crippen LogP contribution in [0.5, 0.6) is 0 Å². The van der Waals surface area contributed by atoms with Crippen LogP contribution in [-0.2, 0) is 19.1 Å². The predicted octanol–water partition coefficient (Wildman–Crippen LogP) is 1.97. The molecule has 3 heterocycles. The molecule has 3 N–H and O–H groups in total. The Balaban J connectivity index is 1.85. The summed E-state index contributed by atoms with van der Waals surface area (Å²) in [5.41, 5.74) is 7.39. The number of pyridine rings is 1. The van der Waals surface area contributed by atoms with E-state index in [1.165, 1.54) is 18.2 Å². The van der Waals surface area contributed by atoms with E-state index in [2.05, 4.69) is 10.3 Å². The quantitative estimate of drug-likeness (QED) is 0.557. The van der Waals surface area contributed by atoms with E-state index in [-0.39, 0.29) is 30.4 Å². The number of carbonyl (C=O) groups excluding carboxylic acids is 2. The summed E-state index contributed by atoms with van der Waals surface area (Å²) in [6.45, 7) is 2.98. The van der Waals surface area contributed by atoms with E-state index >= 15 is 0 Å². The van der Waals surface area contributed by atoms with E-state index in [9.17, 15) is 14.0 Å². The van der Waals surface area contributed by atoms with Crippen molar-refractivity contribution < 1.29 is 23.5 Å². The lowest BCUT2D eigenvalue weighted by atomic mass is 9.94. The Morgan fingerprint density at radius 2 is 2.20 bits per heavy atom. The van der Waals surface area contributed by atoms with Gasteiger partial charge in [0, 0.05) is 47.3 Å². The number of nitrogens with one attached hydrogen (secondary N) is 1. The SMILES string of the molecule is CCOC(=O)C1=C(CN2CCOCC2C(N)=O)NC(c2cccnc2)=NC1c1ccc(F)cc1Cl. The molecule has 1 aromatic heterocycles. The summed E-state index contributed by atoms with van der Waals surface area (Å²) >= 11 is 6.40. The third kappa shape index (κ3) is 5.50. The molecule has 184 valence electrons. The average Bonchev–Trinajstić information content (AvgIpc) is 2.84. The molecule has 2 unspecified atom stereocenters. The van der Waals surface area contributed by atoms with Crippen LogP contribution < -0.4 is 11.1 Å². The van der Waals surface area contributed by atoms with Crippen molar-refractivity contribution in [1.29, 1.82) is 0 Å². The number of nitrogens with two attached hydrogens (primary N) is 1. The van der Waals surface area contributed by atoms with Crippen LogP contribution in [0.15, 0.2) is 59.0 Å². The average molecular weight is 502 g/mol. The summed E-state index contributed by atoms with van der Waals surface area (Å²) in [5.74, 6) is -1.20. The van der Waals surface area contributed by atoms with Crippen molar-refractivity contribution in [1.82, 2.24) is 15.2 Å². The number of hydrogen-bond acceptors (Lipinski definition) is 8. The Morgan fingerprint density at radius 3 is 2.89 bits per heavy atom. The van der Waals surface area contributed by atoms with Crippen LogP contribution in [0.2, 0.25) is 5.02 Å². The molecule has 1 saturated heterocycles. The van der Waals surface area contributed by atoms with E-state index in [0.29, 0.717) is 35.8 Å². The van der Waals surface area contributed by atoms with Crippen molar-refractivity contribution in [2.24, 2.45) is 10.7 Å². The summed E-state index contributed by atoms with van der Waals surface area (Å²) in [4.78, 5) is 36.0. The summed E-state index contributed by atoms with van der Waals surface area (Å²) in [6.07, 6.45) is 3.26. The maximum Gasteiger partial charge on any atom is 0.338 e. The van der Waals surface area contributed by atoms with Gasteiger partial charge in [0.1, 0.15) is 23.7 Å². The second kappa shape index (κ2) is 10.9. The molecular formula is C24H25ClFN5O4. The summed E-state index contributed by atoms with van der Waals surface area (Å²) in [6, 6.07) is 5.94. The Hall–Kier alpha value is -3.34. The molecule has 4 rings (SSSR count). The Kier molecular flexibility index (Phi) is 7.74. The largest absolute Gasteiger partial charge is 0.463 e. The maximum absolute atomic E-state index is 13.8. The fourth-order valence-corrected chi connectivity index (χ4v) is 4.33. The van der Waals surface area contributed by atoms with Gasteiger partial charge in [-0.3, -0.25) is 19.7 Å². The smallest absolute Gasteiger partial charge is 0.338 e. The number of halogens is 2. The van der Waals surface area contributed by atoms with Crippen molar-refractivity contribution in [3.63, 3.8) is 0 Å². The molecular weight excluding hydrogens is 477 g/mol. The van der Waals surface area contributed by atoms with Crippen LogP contribution in [0.4, 0.5) is 4.39 Å². The lowest BCUT2D eigenvalue weighted by molar-refractivity contribution is -0.139. The topological polar surface area (TPSA) is 119 Å². The van der Waals surface area contributed by atoms with E-state index < -0.39 is 29.8 Å². The van der Waals surface area contributed by atoms with Crippen molar-refractivity contribution in [3.05, 3.63) is 76.0 Å². The molecule has 1 aromatic carbocycles. The minimum atomic E-state index is -0.887. The molecule has 0 spiro atoms. The molecule has 2 aromatic rings. The van der Waals surface area contributed by atoms with Gasteiger partial charge in [-0.05, 0) is 31.2 Å². The molecule has 2 atom stereocenters. The highest BCUT2D eigenvalue weighted by Crippen LogP contribution is 2.36. The van der Waals surface area contributed by atoms with Gasteiger partial charge in [-0.15, -0.1) is 0 Å². The molecule has 1 amide bonds. The second-order valence-corrected chi connectivity index (χ2v) is 8.40. The van der Waals surface area contributed by atoms with Crippen molar-refractivity contribution in [3.8, 4) is 0 Å². The number of aromatic nitrogens is 1. The van der Waals surface area contributed by atoms with E-state index in [1.54, 1.807) is 25.4 Å². The number of benzene rings is 1. The monoisotopic (exact) mass is 501 g/mol. The fraction of sp³-hybridized carbons (Fsp3) is 0.333. The molecule has 2 aliphatic heterocycles. The molecule has 11 heteroatoms. The number of rotatable bonds is 7. The molecule has 0 aliphatic carbocycles. The van der Waals surface area contributed by atoms with Crippen LogP contribution in [-0.4, -0.2) is 66.5 Å². The number of aliphatic imine (C=N–C) groups is 1. The van der Waals surface area contributed by atoms with Crippen molar-refractivity contribution in [2.75, 3.05) is 32.9 Å².